The van der Waals surface area contributed by atoms with E-state index in [-0.39, 0.29) is 66.6 Å². The largest absolute Gasteiger partial charge is 0.481 e. The SMILES string of the molecule is NCC(=O)c1c(C(=O)CCCN=C(N)N)cnc(N)c1CCC(=O)O. The lowest BCUT2D eigenvalue weighted by Crippen LogP contribution is -2.23. The van der Waals surface area contributed by atoms with Crippen molar-refractivity contribution in [2.75, 3.05) is 18.8 Å². The number of hydrogen-bond donors (Lipinski definition) is 5. The number of Topliss-reactive ketones (excluding diaryl/α,β-unsaturated/α-hetero) is 2. The Bertz CT molecular complexity index is 698. The molecular weight excluding hydrogens is 328 g/mol. The highest BCUT2D eigenvalue weighted by molar-refractivity contribution is 6.10. The quantitative estimate of drug-likeness (QED) is 0.153. The zero-order valence-electron chi connectivity index (χ0n) is 13.7. The van der Waals surface area contributed by atoms with Crippen LogP contribution in [0.1, 0.15) is 45.5 Å². The second kappa shape index (κ2) is 9.33. The number of nitrogens with zero attached hydrogens (tertiary/aromatic N) is 2. The van der Waals surface area contributed by atoms with E-state index in [9.17, 15) is 14.4 Å². The number of ketones is 2. The molecule has 25 heavy (non-hydrogen) atoms. The first kappa shape index (κ1) is 20.0. The number of aromatic nitrogens is 1. The summed E-state index contributed by atoms with van der Waals surface area (Å²) < 4.78 is 0. The van der Waals surface area contributed by atoms with Gasteiger partial charge >= 0.3 is 5.97 Å². The highest BCUT2D eigenvalue weighted by Crippen LogP contribution is 2.23. The Morgan fingerprint density at radius 2 is 1.84 bits per heavy atom. The van der Waals surface area contributed by atoms with Gasteiger partial charge in [0.25, 0.3) is 0 Å². The lowest BCUT2D eigenvalue weighted by molar-refractivity contribution is -0.136. The number of guanidine groups is 1. The van der Waals surface area contributed by atoms with Crippen LogP contribution in [-0.2, 0) is 11.2 Å². The summed E-state index contributed by atoms with van der Waals surface area (Å²) >= 11 is 0. The van der Waals surface area contributed by atoms with Crippen molar-refractivity contribution in [1.29, 1.82) is 0 Å². The molecule has 0 bridgehead atoms. The van der Waals surface area contributed by atoms with Crippen molar-refractivity contribution in [1.82, 2.24) is 4.98 Å². The van der Waals surface area contributed by atoms with Crippen LogP contribution in [0.4, 0.5) is 5.82 Å². The van der Waals surface area contributed by atoms with E-state index in [0.29, 0.717) is 6.42 Å². The number of aliphatic carboxylic acids is 1. The van der Waals surface area contributed by atoms with Crippen LogP contribution in [0.2, 0.25) is 0 Å². The van der Waals surface area contributed by atoms with E-state index in [0.717, 1.165) is 0 Å². The van der Waals surface area contributed by atoms with E-state index in [4.69, 9.17) is 28.0 Å². The van der Waals surface area contributed by atoms with Crippen LogP contribution >= 0.6 is 0 Å². The highest BCUT2D eigenvalue weighted by atomic mass is 16.4. The summed E-state index contributed by atoms with van der Waals surface area (Å²) in [6, 6.07) is 0. The van der Waals surface area contributed by atoms with Gasteiger partial charge in [0, 0.05) is 42.3 Å². The van der Waals surface area contributed by atoms with Gasteiger partial charge in [-0.3, -0.25) is 19.4 Å². The van der Waals surface area contributed by atoms with Crippen molar-refractivity contribution in [2.24, 2.45) is 22.2 Å². The van der Waals surface area contributed by atoms with Crippen molar-refractivity contribution in [3.8, 4) is 0 Å². The number of carboxylic acid groups (broad SMARTS) is 1. The van der Waals surface area contributed by atoms with E-state index in [2.05, 4.69) is 9.98 Å². The fraction of sp³-hybridized carbons (Fsp3) is 0.400. The van der Waals surface area contributed by atoms with Crippen molar-refractivity contribution in [2.45, 2.75) is 25.7 Å². The maximum atomic E-state index is 12.4. The number of carboxylic acids is 1. The maximum Gasteiger partial charge on any atom is 0.303 e. The van der Waals surface area contributed by atoms with Gasteiger partial charge in [-0.05, 0) is 12.8 Å². The van der Waals surface area contributed by atoms with Crippen molar-refractivity contribution < 1.29 is 19.5 Å². The zero-order chi connectivity index (χ0) is 19.0. The summed E-state index contributed by atoms with van der Waals surface area (Å²) in [4.78, 5) is 43.1. The van der Waals surface area contributed by atoms with Crippen LogP contribution in [0.3, 0.4) is 0 Å². The smallest absolute Gasteiger partial charge is 0.303 e. The molecule has 1 aromatic rings. The van der Waals surface area contributed by atoms with Gasteiger partial charge in [0.2, 0.25) is 0 Å². The Hall–Kier alpha value is -3.01. The van der Waals surface area contributed by atoms with Crippen LogP contribution in [-0.4, -0.2) is 46.7 Å². The average Bonchev–Trinajstić information content (AvgIpc) is 2.56. The number of hydrogen-bond acceptors (Lipinski definition) is 7. The molecule has 0 spiro atoms. The van der Waals surface area contributed by atoms with Crippen LogP contribution in [0, 0.1) is 0 Å². The standard InChI is InChI=1S/C15H22N6O4/c16-6-11(23)13-8(3-4-12(24)25)14(17)21-7-9(13)10(22)2-1-5-20-15(18)19/h7H,1-6,16H2,(H2,17,21)(H,24,25)(H4,18,19,20). The first-order valence-electron chi connectivity index (χ1n) is 7.58. The molecule has 0 unspecified atom stereocenters. The monoisotopic (exact) mass is 350 g/mol. The number of carbonyl (C=O) groups excluding carboxylic acids is 2. The summed E-state index contributed by atoms with van der Waals surface area (Å²) in [6.45, 7) is -0.0691. The van der Waals surface area contributed by atoms with Gasteiger partial charge in [0.05, 0.1) is 6.54 Å². The van der Waals surface area contributed by atoms with Gasteiger partial charge in [0.1, 0.15) is 5.82 Å². The van der Waals surface area contributed by atoms with E-state index in [1.807, 2.05) is 0 Å². The molecule has 0 atom stereocenters. The predicted molar refractivity (Wildman–Crippen MR) is 92.2 cm³/mol. The lowest BCUT2D eigenvalue weighted by atomic mass is 9.92. The summed E-state index contributed by atoms with van der Waals surface area (Å²) in [5.41, 5.74) is 22.0. The number of aliphatic imine (C=N–C) groups is 1. The summed E-state index contributed by atoms with van der Waals surface area (Å²) in [5, 5.41) is 8.85. The van der Waals surface area contributed by atoms with Gasteiger partial charge in [0.15, 0.2) is 17.5 Å². The minimum Gasteiger partial charge on any atom is -0.481 e. The molecule has 0 saturated heterocycles. The molecule has 0 aliphatic rings. The Morgan fingerprint density at radius 1 is 1.16 bits per heavy atom. The number of nitrogen functional groups attached to an aromatic ring is 1. The van der Waals surface area contributed by atoms with Crippen molar-refractivity contribution in [3.05, 3.63) is 22.9 Å². The van der Waals surface area contributed by atoms with E-state index < -0.39 is 11.8 Å². The van der Waals surface area contributed by atoms with Crippen LogP contribution in [0.25, 0.3) is 0 Å². The zero-order valence-corrected chi connectivity index (χ0v) is 13.7. The van der Waals surface area contributed by atoms with E-state index in [1.54, 1.807) is 0 Å². The van der Waals surface area contributed by atoms with Crippen molar-refractivity contribution in [3.63, 3.8) is 0 Å². The second-order valence-electron chi connectivity index (χ2n) is 5.27. The molecule has 10 nitrogen and oxygen atoms in total. The van der Waals surface area contributed by atoms with Crippen LogP contribution in [0.15, 0.2) is 11.2 Å². The first-order valence-corrected chi connectivity index (χ1v) is 7.58. The number of anilines is 1. The molecule has 1 rings (SSSR count). The molecule has 0 fully saturated rings. The third-order valence-electron chi connectivity index (χ3n) is 3.42. The fourth-order valence-electron chi connectivity index (χ4n) is 2.27. The molecule has 0 radical (unpaired) electrons. The molecule has 0 aliphatic heterocycles. The van der Waals surface area contributed by atoms with Crippen LogP contribution in [0.5, 0.6) is 0 Å². The van der Waals surface area contributed by atoms with Gasteiger partial charge < -0.3 is 28.0 Å². The first-order chi connectivity index (χ1) is 11.8. The molecular formula is C15H22N6O4. The molecule has 1 heterocycles. The predicted octanol–water partition coefficient (Wildman–Crippen LogP) is -0.941. The average molecular weight is 350 g/mol. The van der Waals surface area contributed by atoms with Crippen LogP contribution < -0.4 is 22.9 Å². The highest BCUT2D eigenvalue weighted by Gasteiger charge is 2.23. The normalized spacial score (nSPS) is 10.3. The van der Waals surface area contributed by atoms with Crippen molar-refractivity contribution >= 4 is 29.3 Å². The number of nitrogens with two attached hydrogens (primary N) is 4. The minimum atomic E-state index is -1.06. The Labute approximate surface area is 144 Å². The minimum absolute atomic E-state index is 0.00936. The molecule has 9 N–H and O–H groups in total. The maximum absolute atomic E-state index is 12.4. The van der Waals surface area contributed by atoms with Gasteiger partial charge in [-0.2, -0.15) is 0 Å². The number of pyridine rings is 1. The fourth-order valence-corrected chi connectivity index (χ4v) is 2.27. The van der Waals surface area contributed by atoms with Gasteiger partial charge in [-0.15, -0.1) is 0 Å². The number of rotatable bonds is 10. The second-order valence-corrected chi connectivity index (χ2v) is 5.27. The lowest BCUT2D eigenvalue weighted by Gasteiger charge is -2.14. The van der Waals surface area contributed by atoms with E-state index >= 15 is 0 Å². The van der Waals surface area contributed by atoms with Gasteiger partial charge in [-0.1, -0.05) is 0 Å². The van der Waals surface area contributed by atoms with Gasteiger partial charge in [-0.25, -0.2) is 4.98 Å². The third kappa shape index (κ3) is 5.84. The summed E-state index contributed by atoms with van der Waals surface area (Å²) in [5.74, 6) is -1.96. The third-order valence-corrected chi connectivity index (χ3v) is 3.42. The van der Waals surface area contributed by atoms with E-state index in [1.165, 1.54) is 6.20 Å². The topological polar surface area (TPSA) is 201 Å². The summed E-state index contributed by atoms with van der Waals surface area (Å²) in [7, 11) is 0. The Morgan fingerprint density at radius 3 is 2.40 bits per heavy atom. The molecule has 1 aromatic heterocycles. The molecule has 0 saturated carbocycles. The molecule has 10 heteroatoms. The molecule has 0 amide bonds. The molecule has 136 valence electrons. The molecule has 0 aliphatic carbocycles. The molecule has 0 aromatic carbocycles. The summed E-state index contributed by atoms with van der Waals surface area (Å²) in [6.07, 6.45) is 1.40. The number of carbonyl (C=O) groups is 3. The Balaban J connectivity index is 3.14. The Kier molecular flexibility index (Phi) is 7.47.